The van der Waals surface area contributed by atoms with E-state index in [1.165, 1.54) is 25.0 Å². The summed E-state index contributed by atoms with van der Waals surface area (Å²) in [5.41, 5.74) is 0.845. The molecule has 4 rings (SSSR count). The second-order valence-corrected chi connectivity index (χ2v) is 7.97. The van der Waals surface area contributed by atoms with Crippen LogP contribution in [-0.4, -0.2) is 56.2 Å². The van der Waals surface area contributed by atoms with E-state index < -0.39 is 0 Å². The maximum absolute atomic E-state index is 13.0. The van der Waals surface area contributed by atoms with Crippen LogP contribution in [0.5, 0.6) is 0 Å². The summed E-state index contributed by atoms with van der Waals surface area (Å²) in [6, 6.07) is 6.14. The Hall–Kier alpha value is -2.06. The van der Waals surface area contributed by atoms with Crippen LogP contribution in [0, 0.1) is 10.6 Å². The van der Waals surface area contributed by atoms with Gasteiger partial charge in [-0.15, -0.1) is 0 Å². The van der Waals surface area contributed by atoms with Crippen molar-refractivity contribution in [2.45, 2.75) is 45.3 Å². The molecule has 1 aliphatic heterocycles. The van der Waals surface area contributed by atoms with Crippen molar-refractivity contribution in [1.82, 2.24) is 24.1 Å². The molecule has 8 heteroatoms. The first-order valence-corrected chi connectivity index (χ1v) is 10.4. The van der Waals surface area contributed by atoms with Crippen molar-refractivity contribution in [3.05, 3.63) is 46.2 Å². The number of halogens is 1. The summed E-state index contributed by atoms with van der Waals surface area (Å²) >= 11 is 5.62. The van der Waals surface area contributed by atoms with Gasteiger partial charge in [0.15, 0.2) is 4.77 Å². The Morgan fingerprint density at radius 1 is 1.18 bits per heavy atom. The summed E-state index contributed by atoms with van der Waals surface area (Å²) in [5, 5.41) is 4.78. The lowest BCUT2D eigenvalue weighted by Gasteiger charge is -2.34. The van der Waals surface area contributed by atoms with Crippen LogP contribution in [0.4, 0.5) is 4.39 Å². The standard InChI is InChI=1S/C20H26FN5OS/c1-2-25-19(16-5-6-16)22-26(20(25)28)14-23-9-11-24(12-10-23)18(27)13-15-3-7-17(21)8-4-15/h3-4,7-8,16H,2,5-6,9-14H2,1H3. The van der Waals surface area contributed by atoms with Gasteiger partial charge in [-0.05, 0) is 49.7 Å². The zero-order valence-electron chi connectivity index (χ0n) is 16.2. The van der Waals surface area contributed by atoms with Gasteiger partial charge in [-0.1, -0.05) is 12.1 Å². The smallest absolute Gasteiger partial charge is 0.227 e. The molecule has 2 heterocycles. The Kier molecular flexibility index (Phi) is 5.59. The van der Waals surface area contributed by atoms with Gasteiger partial charge < -0.3 is 9.47 Å². The van der Waals surface area contributed by atoms with Crippen molar-refractivity contribution in [2.24, 2.45) is 0 Å². The predicted octanol–water partition coefficient (Wildman–Crippen LogP) is 2.79. The lowest BCUT2D eigenvalue weighted by Crippen LogP contribution is -2.49. The summed E-state index contributed by atoms with van der Waals surface area (Å²) in [7, 11) is 0. The molecule has 0 bridgehead atoms. The van der Waals surface area contributed by atoms with Crippen LogP contribution >= 0.6 is 12.2 Å². The number of amides is 1. The fourth-order valence-electron chi connectivity index (χ4n) is 3.71. The first-order valence-electron chi connectivity index (χ1n) is 9.97. The molecule has 1 saturated carbocycles. The van der Waals surface area contributed by atoms with E-state index in [1.807, 2.05) is 9.58 Å². The van der Waals surface area contributed by atoms with Crippen molar-refractivity contribution in [2.75, 3.05) is 26.2 Å². The van der Waals surface area contributed by atoms with Gasteiger partial charge in [0.2, 0.25) is 5.91 Å². The number of rotatable bonds is 6. The van der Waals surface area contributed by atoms with Crippen LogP contribution in [0.3, 0.4) is 0 Å². The van der Waals surface area contributed by atoms with Crippen LogP contribution in [0.25, 0.3) is 0 Å². The van der Waals surface area contributed by atoms with E-state index in [9.17, 15) is 9.18 Å². The van der Waals surface area contributed by atoms with E-state index in [0.717, 1.165) is 35.8 Å². The van der Waals surface area contributed by atoms with Gasteiger partial charge in [-0.25, -0.2) is 9.07 Å². The maximum atomic E-state index is 13.0. The van der Waals surface area contributed by atoms with Gasteiger partial charge >= 0.3 is 0 Å². The van der Waals surface area contributed by atoms with Crippen LogP contribution in [-0.2, 0) is 24.4 Å². The second-order valence-electron chi connectivity index (χ2n) is 7.60. The average molecular weight is 404 g/mol. The highest BCUT2D eigenvalue weighted by atomic mass is 32.1. The fourth-order valence-corrected chi connectivity index (χ4v) is 4.03. The topological polar surface area (TPSA) is 46.3 Å². The third-order valence-electron chi connectivity index (χ3n) is 5.54. The molecule has 150 valence electrons. The quantitative estimate of drug-likeness (QED) is 0.696. The lowest BCUT2D eigenvalue weighted by molar-refractivity contribution is -0.132. The van der Waals surface area contributed by atoms with Gasteiger partial charge in [0.25, 0.3) is 0 Å². The normalized spacial score (nSPS) is 17.9. The largest absolute Gasteiger partial charge is 0.340 e. The molecule has 0 atom stereocenters. The highest BCUT2D eigenvalue weighted by Gasteiger charge is 2.30. The van der Waals surface area contributed by atoms with Crippen LogP contribution in [0.2, 0.25) is 0 Å². The Balaban J connectivity index is 1.32. The molecule has 1 aromatic carbocycles. The monoisotopic (exact) mass is 403 g/mol. The molecule has 0 spiro atoms. The van der Waals surface area contributed by atoms with Gasteiger partial charge in [-0.3, -0.25) is 9.69 Å². The van der Waals surface area contributed by atoms with Crippen LogP contribution in [0.15, 0.2) is 24.3 Å². The molecular formula is C20H26FN5OS. The number of benzene rings is 1. The summed E-state index contributed by atoms with van der Waals surface area (Å²) in [6.07, 6.45) is 2.73. The Labute approximate surface area is 169 Å². The molecular weight excluding hydrogens is 377 g/mol. The lowest BCUT2D eigenvalue weighted by atomic mass is 10.1. The Morgan fingerprint density at radius 3 is 2.46 bits per heavy atom. The minimum atomic E-state index is -0.279. The van der Waals surface area contributed by atoms with E-state index in [0.29, 0.717) is 32.1 Å². The van der Waals surface area contributed by atoms with Gasteiger partial charge in [0, 0.05) is 38.6 Å². The molecule has 2 aliphatic rings. The number of hydrogen-bond donors (Lipinski definition) is 0. The van der Waals surface area contributed by atoms with Gasteiger partial charge in [0.05, 0.1) is 13.1 Å². The van der Waals surface area contributed by atoms with Gasteiger partial charge in [-0.2, -0.15) is 5.10 Å². The summed E-state index contributed by atoms with van der Waals surface area (Å²) < 4.78 is 17.9. The fraction of sp³-hybridized carbons (Fsp3) is 0.550. The van der Waals surface area contributed by atoms with Crippen molar-refractivity contribution < 1.29 is 9.18 Å². The average Bonchev–Trinajstić information content (AvgIpc) is 3.49. The third-order valence-corrected chi connectivity index (χ3v) is 5.97. The van der Waals surface area contributed by atoms with Crippen LogP contribution in [0.1, 0.15) is 37.1 Å². The molecule has 28 heavy (non-hydrogen) atoms. The van der Waals surface area contributed by atoms with Crippen LogP contribution < -0.4 is 0 Å². The number of aromatic nitrogens is 3. The summed E-state index contributed by atoms with van der Waals surface area (Å²) in [6.45, 7) is 6.62. The minimum absolute atomic E-state index is 0.0918. The first kappa shape index (κ1) is 19.3. The molecule has 1 aromatic heterocycles. The second kappa shape index (κ2) is 8.13. The first-order chi connectivity index (χ1) is 13.5. The molecule has 1 saturated heterocycles. The minimum Gasteiger partial charge on any atom is -0.340 e. The molecule has 6 nitrogen and oxygen atoms in total. The highest BCUT2D eigenvalue weighted by molar-refractivity contribution is 7.71. The molecule has 1 aliphatic carbocycles. The highest BCUT2D eigenvalue weighted by Crippen LogP contribution is 2.39. The van der Waals surface area contributed by atoms with Gasteiger partial charge in [0.1, 0.15) is 11.6 Å². The number of carbonyl (C=O) groups is 1. The predicted molar refractivity (Wildman–Crippen MR) is 107 cm³/mol. The maximum Gasteiger partial charge on any atom is 0.227 e. The zero-order chi connectivity index (χ0) is 19.7. The SMILES string of the molecule is CCn1c(C2CC2)nn(CN2CCN(C(=O)Cc3ccc(F)cc3)CC2)c1=S. The number of piperazine rings is 1. The third kappa shape index (κ3) is 4.17. The molecule has 2 fully saturated rings. The molecule has 0 radical (unpaired) electrons. The van der Waals surface area contributed by atoms with Crippen molar-refractivity contribution in [3.8, 4) is 0 Å². The van der Waals surface area contributed by atoms with E-state index in [2.05, 4.69) is 16.4 Å². The van der Waals surface area contributed by atoms with Crippen molar-refractivity contribution >= 4 is 18.1 Å². The Bertz CT molecular complexity index is 894. The van der Waals surface area contributed by atoms with Crippen molar-refractivity contribution in [3.63, 3.8) is 0 Å². The number of carbonyl (C=O) groups excluding carboxylic acids is 1. The summed E-state index contributed by atoms with van der Waals surface area (Å²) in [5.74, 6) is 1.51. The molecule has 2 aromatic rings. The van der Waals surface area contributed by atoms with E-state index >= 15 is 0 Å². The molecule has 0 N–H and O–H groups in total. The van der Waals surface area contributed by atoms with Crippen molar-refractivity contribution in [1.29, 1.82) is 0 Å². The number of hydrogen-bond acceptors (Lipinski definition) is 4. The molecule has 0 unspecified atom stereocenters. The van der Waals surface area contributed by atoms with E-state index in [-0.39, 0.29) is 11.7 Å². The van der Waals surface area contributed by atoms with E-state index in [4.69, 9.17) is 17.3 Å². The molecule has 1 amide bonds. The zero-order valence-corrected chi connectivity index (χ0v) is 17.0. The summed E-state index contributed by atoms with van der Waals surface area (Å²) in [4.78, 5) is 16.7. The Morgan fingerprint density at radius 2 is 1.86 bits per heavy atom. The van der Waals surface area contributed by atoms with E-state index in [1.54, 1.807) is 12.1 Å². The number of nitrogens with zero attached hydrogens (tertiary/aromatic N) is 5.